The van der Waals surface area contributed by atoms with E-state index in [0.717, 1.165) is 30.4 Å². The highest BCUT2D eigenvalue weighted by atomic mass is 32.1. The molecule has 264 valence electrons. The number of rotatable bonds is 5. The van der Waals surface area contributed by atoms with Gasteiger partial charge in [-0.05, 0) is 37.9 Å². The molecule has 0 saturated carbocycles. The van der Waals surface area contributed by atoms with Crippen LogP contribution in [0.25, 0.3) is 38.3 Å². The minimum atomic E-state index is -0.909. The van der Waals surface area contributed by atoms with Gasteiger partial charge >= 0.3 is 6.01 Å². The molecular weight excluding hydrogens is 707 g/mol. The molecule has 2 unspecified atom stereocenters. The van der Waals surface area contributed by atoms with Gasteiger partial charge in [0, 0.05) is 73.6 Å². The number of benzene rings is 1. The quantitative estimate of drug-likeness (QED) is 0.170. The fourth-order valence-corrected chi connectivity index (χ4v) is 8.32. The number of thiophene rings is 1. The van der Waals surface area contributed by atoms with Crippen molar-refractivity contribution >= 4 is 66.5 Å². The molecule has 0 spiro atoms. The molecule has 5 aromatic rings. The monoisotopic (exact) mass is 737 g/mol. The number of hydrogen-bond donors (Lipinski definition) is 1. The topological polar surface area (TPSA) is 137 Å². The number of carbonyl (C=O) groups is 1. The number of aromatic nitrogens is 4. The molecule has 2 atom stereocenters. The Morgan fingerprint density at radius 1 is 1.16 bits per heavy atom. The molecule has 1 aromatic carbocycles. The standard InChI is InChI=1S/C27H19F3N8O2S2.C7H12FN/c1-40-27-35-22-15(12-34-21(20(22)30)13-2-3-16(28)23-19(13)14(11-31)24(32)42-23)25(36-27)37-5-7-38(8-6-37)26(39)17(29)10-18-33-4-9-41-18;8-6-4-7-2-1-3-9(7)5-6/h2-4,9-10,12H,5-8,32H2,1H3;6-7H,1-5H2/b17-10-;. The third kappa shape index (κ3) is 6.66. The first-order valence-corrected chi connectivity index (χ1v) is 17.9. The van der Waals surface area contributed by atoms with E-state index < -0.39 is 29.5 Å². The highest BCUT2D eigenvalue weighted by Gasteiger charge is 2.35. The number of nitrogens with two attached hydrogens (primary N) is 1. The second-order valence-corrected chi connectivity index (χ2v) is 14.2. The number of amides is 1. The van der Waals surface area contributed by atoms with Gasteiger partial charge in [-0.2, -0.15) is 15.2 Å². The van der Waals surface area contributed by atoms with E-state index in [1.165, 1.54) is 60.7 Å². The van der Waals surface area contributed by atoms with E-state index in [4.69, 9.17) is 10.5 Å². The summed E-state index contributed by atoms with van der Waals surface area (Å²) in [4.78, 5) is 35.1. The zero-order valence-corrected chi connectivity index (χ0v) is 28.9. The maximum Gasteiger partial charge on any atom is 0.318 e. The van der Waals surface area contributed by atoms with Gasteiger partial charge in [-0.3, -0.25) is 14.7 Å². The highest BCUT2D eigenvalue weighted by Crippen LogP contribution is 2.42. The smallest absolute Gasteiger partial charge is 0.318 e. The second-order valence-electron chi connectivity index (χ2n) is 12.2. The summed E-state index contributed by atoms with van der Waals surface area (Å²) in [5.41, 5.74) is 5.93. The van der Waals surface area contributed by atoms with Gasteiger partial charge in [-0.1, -0.05) is 0 Å². The maximum atomic E-state index is 16.2. The number of alkyl halides is 1. The van der Waals surface area contributed by atoms with Crippen molar-refractivity contribution in [2.75, 3.05) is 57.0 Å². The fourth-order valence-electron chi connectivity index (χ4n) is 6.81. The van der Waals surface area contributed by atoms with E-state index in [9.17, 15) is 23.2 Å². The summed E-state index contributed by atoms with van der Waals surface area (Å²) in [5.74, 6) is -2.74. The number of ether oxygens (including phenoxy) is 1. The van der Waals surface area contributed by atoms with Crippen molar-refractivity contribution in [2.24, 2.45) is 0 Å². The summed E-state index contributed by atoms with van der Waals surface area (Å²) in [6, 6.07) is 4.99. The summed E-state index contributed by atoms with van der Waals surface area (Å²) in [7, 11) is 1.34. The van der Waals surface area contributed by atoms with Crippen LogP contribution in [0.3, 0.4) is 0 Å². The summed E-state index contributed by atoms with van der Waals surface area (Å²) in [5, 5.41) is 12.3. The first-order chi connectivity index (χ1) is 24.7. The van der Waals surface area contributed by atoms with Crippen molar-refractivity contribution < 1.29 is 27.1 Å². The van der Waals surface area contributed by atoms with Crippen LogP contribution in [0.5, 0.6) is 6.01 Å². The number of nitrogen functional groups attached to an aromatic ring is 1. The van der Waals surface area contributed by atoms with Crippen molar-refractivity contribution in [1.82, 2.24) is 29.7 Å². The number of carbonyl (C=O) groups excluding carboxylic acids is 1. The predicted octanol–water partition coefficient (Wildman–Crippen LogP) is 5.96. The molecule has 4 aromatic heterocycles. The highest BCUT2D eigenvalue weighted by molar-refractivity contribution is 7.23. The van der Waals surface area contributed by atoms with Crippen LogP contribution in [-0.4, -0.2) is 94.2 Å². The van der Waals surface area contributed by atoms with Crippen molar-refractivity contribution in [2.45, 2.75) is 31.5 Å². The lowest BCUT2D eigenvalue weighted by molar-refractivity contribution is -0.128. The van der Waals surface area contributed by atoms with Crippen LogP contribution in [0.15, 0.2) is 35.7 Å². The number of thiazole rings is 1. The SMILES string of the molecule is COc1nc(N2CCN(C(=O)/C(F)=C/c3nccs3)CC2)c2cnc(-c3ccc(F)c4sc(N)c(C#N)c34)c(F)c2n1.FC1CC2CCCN2C1. The number of fused-ring (bicyclic) bond motifs is 3. The van der Waals surface area contributed by atoms with E-state index in [1.807, 2.05) is 11.0 Å². The minimum Gasteiger partial charge on any atom is -0.467 e. The van der Waals surface area contributed by atoms with E-state index in [1.54, 1.807) is 5.38 Å². The van der Waals surface area contributed by atoms with E-state index in [2.05, 4.69) is 24.8 Å². The van der Waals surface area contributed by atoms with Crippen molar-refractivity contribution in [1.29, 1.82) is 5.26 Å². The molecule has 3 saturated heterocycles. The Hall–Kier alpha value is -4.92. The van der Waals surface area contributed by atoms with Crippen molar-refractivity contribution in [3.63, 3.8) is 0 Å². The van der Waals surface area contributed by atoms with Crippen LogP contribution in [0.1, 0.15) is 29.8 Å². The van der Waals surface area contributed by atoms with Crippen LogP contribution < -0.4 is 15.4 Å². The van der Waals surface area contributed by atoms with Gasteiger partial charge in [0.15, 0.2) is 11.6 Å². The van der Waals surface area contributed by atoms with Crippen LogP contribution in [0.4, 0.5) is 28.4 Å². The van der Waals surface area contributed by atoms with Crippen LogP contribution in [0.2, 0.25) is 0 Å². The molecule has 17 heteroatoms. The first-order valence-electron chi connectivity index (χ1n) is 16.2. The van der Waals surface area contributed by atoms with Crippen LogP contribution in [-0.2, 0) is 4.79 Å². The molecule has 3 aliphatic heterocycles. The van der Waals surface area contributed by atoms with Gasteiger partial charge in [-0.25, -0.2) is 22.5 Å². The van der Waals surface area contributed by atoms with Crippen molar-refractivity contribution in [3.8, 4) is 23.3 Å². The summed E-state index contributed by atoms with van der Waals surface area (Å²) in [6.07, 6.45) is 6.84. The summed E-state index contributed by atoms with van der Waals surface area (Å²) in [6.45, 7) is 2.77. The fraction of sp³-hybridized carbons (Fsp3) is 0.353. The van der Waals surface area contributed by atoms with Gasteiger partial charge in [0.2, 0.25) is 0 Å². The lowest BCUT2D eigenvalue weighted by Crippen LogP contribution is -2.49. The lowest BCUT2D eigenvalue weighted by atomic mass is 10.0. The number of hydrogen-bond acceptors (Lipinski definition) is 12. The average molecular weight is 738 g/mol. The van der Waals surface area contributed by atoms with Crippen molar-refractivity contribution in [3.05, 3.63) is 57.9 Å². The van der Waals surface area contributed by atoms with Gasteiger partial charge in [0.1, 0.15) is 45.1 Å². The molecule has 8 rings (SSSR count). The van der Waals surface area contributed by atoms with E-state index in [0.29, 0.717) is 23.4 Å². The Morgan fingerprint density at radius 3 is 2.67 bits per heavy atom. The summed E-state index contributed by atoms with van der Waals surface area (Å²) < 4.78 is 63.3. The maximum absolute atomic E-state index is 16.2. The Balaban J connectivity index is 0.000000389. The molecule has 0 radical (unpaired) electrons. The zero-order chi connectivity index (χ0) is 35.8. The Morgan fingerprint density at radius 2 is 1.96 bits per heavy atom. The Kier molecular flexibility index (Phi) is 9.73. The molecule has 0 aliphatic carbocycles. The molecule has 3 aliphatic rings. The normalized spacial score (nSPS) is 19.3. The van der Waals surface area contributed by atoms with Crippen LogP contribution in [0, 0.1) is 23.0 Å². The molecule has 0 bridgehead atoms. The Bertz CT molecular complexity index is 2170. The van der Waals surface area contributed by atoms with Crippen LogP contribution >= 0.6 is 22.7 Å². The molecule has 2 N–H and O–H groups in total. The predicted molar refractivity (Wildman–Crippen MR) is 188 cm³/mol. The number of methoxy groups -OCH3 is 1. The van der Waals surface area contributed by atoms with Gasteiger partial charge < -0.3 is 20.3 Å². The average Bonchev–Trinajstić information content (AvgIpc) is 3.94. The molecule has 1 amide bonds. The zero-order valence-electron chi connectivity index (χ0n) is 27.3. The molecule has 7 heterocycles. The number of nitrogens with zero attached hydrogens (tertiary/aromatic N) is 8. The van der Waals surface area contributed by atoms with Gasteiger partial charge in [-0.15, -0.1) is 22.7 Å². The minimum absolute atomic E-state index is 0.0390. The lowest BCUT2D eigenvalue weighted by Gasteiger charge is -2.35. The third-order valence-corrected chi connectivity index (χ3v) is 11.0. The number of anilines is 2. The number of halogens is 4. The largest absolute Gasteiger partial charge is 0.467 e. The van der Waals surface area contributed by atoms with E-state index >= 15 is 4.39 Å². The molecule has 51 heavy (non-hydrogen) atoms. The summed E-state index contributed by atoms with van der Waals surface area (Å²) >= 11 is 2.12. The first kappa shape index (κ1) is 34.5. The molecule has 3 fully saturated rings. The second kappa shape index (κ2) is 14.4. The number of piperazine rings is 1. The van der Waals surface area contributed by atoms with Gasteiger partial charge in [0.25, 0.3) is 5.91 Å². The molecular formula is C34H31F4N9O2S2. The molecule has 11 nitrogen and oxygen atoms in total. The number of pyridine rings is 1. The third-order valence-electron chi connectivity index (χ3n) is 9.24. The van der Waals surface area contributed by atoms with Gasteiger partial charge in [0.05, 0.1) is 22.8 Å². The Labute approximate surface area is 297 Å². The van der Waals surface area contributed by atoms with E-state index in [-0.39, 0.29) is 75.0 Å². The number of nitriles is 1.